The molecule has 106 valence electrons. The molecule has 0 radical (unpaired) electrons. The van der Waals surface area contributed by atoms with E-state index in [2.05, 4.69) is 43.3 Å². The monoisotopic (exact) mass is 279 g/mol. The summed E-state index contributed by atoms with van der Waals surface area (Å²) in [6.07, 6.45) is 3.98. The Morgan fingerprint density at radius 3 is 2.95 bits per heavy atom. The lowest BCUT2D eigenvalue weighted by atomic mass is 9.71. The standard InChI is InChI=1S/C16H25NOS/c1-16(2)8-6-15(18)13(11-16)12-17(3)9-7-14-5-4-10-19-14/h4-5,10,13H,6-9,11-12H2,1-3H3. The molecule has 0 bridgehead atoms. The number of carbonyl (C=O) groups is 1. The minimum absolute atomic E-state index is 0.247. The van der Waals surface area contributed by atoms with Gasteiger partial charge in [0.25, 0.3) is 0 Å². The van der Waals surface area contributed by atoms with Crippen LogP contribution < -0.4 is 0 Å². The number of hydrogen-bond donors (Lipinski definition) is 0. The van der Waals surface area contributed by atoms with Crippen LogP contribution in [0.25, 0.3) is 0 Å². The van der Waals surface area contributed by atoms with E-state index in [-0.39, 0.29) is 5.92 Å². The van der Waals surface area contributed by atoms with Gasteiger partial charge in [-0.3, -0.25) is 4.79 Å². The third-order valence-electron chi connectivity index (χ3n) is 4.15. The molecule has 1 fully saturated rings. The molecule has 19 heavy (non-hydrogen) atoms. The fourth-order valence-corrected chi connectivity index (χ4v) is 3.64. The van der Waals surface area contributed by atoms with E-state index in [1.807, 2.05) is 11.3 Å². The summed E-state index contributed by atoms with van der Waals surface area (Å²) in [5.74, 6) is 0.722. The van der Waals surface area contributed by atoms with Crippen molar-refractivity contribution in [2.24, 2.45) is 11.3 Å². The third kappa shape index (κ3) is 4.43. The van der Waals surface area contributed by atoms with Crippen LogP contribution in [0.15, 0.2) is 17.5 Å². The first-order chi connectivity index (χ1) is 8.96. The maximum atomic E-state index is 12.0. The van der Waals surface area contributed by atoms with Gasteiger partial charge in [0, 0.05) is 30.3 Å². The van der Waals surface area contributed by atoms with E-state index in [1.165, 1.54) is 4.88 Å². The lowest BCUT2D eigenvalue weighted by molar-refractivity contribution is -0.127. The second-order valence-corrected chi connectivity index (χ2v) is 7.66. The highest BCUT2D eigenvalue weighted by molar-refractivity contribution is 7.09. The average molecular weight is 279 g/mol. The number of carbonyl (C=O) groups excluding carboxylic acids is 1. The highest BCUT2D eigenvalue weighted by Gasteiger charge is 2.33. The number of Topliss-reactive ketones (excluding diaryl/α,β-unsaturated/α-hetero) is 1. The zero-order valence-corrected chi connectivity index (χ0v) is 13.1. The topological polar surface area (TPSA) is 20.3 Å². The van der Waals surface area contributed by atoms with Gasteiger partial charge in [-0.05, 0) is 43.2 Å². The van der Waals surface area contributed by atoms with E-state index in [1.54, 1.807) is 0 Å². The third-order valence-corrected chi connectivity index (χ3v) is 5.09. The van der Waals surface area contributed by atoms with Gasteiger partial charge >= 0.3 is 0 Å². The van der Waals surface area contributed by atoms with Crippen LogP contribution in [0.3, 0.4) is 0 Å². The highest BCUT2D eigenvalue weighted by Crippen LogP contribution is 2.36. The van der Waals surface area contributed by atoms with Gasteiger partial charge in [-0.15, -0.1) is 11.3 Å². The number of nitrogens with zero attached hydrogens (tertiary/aromatic N) is 1. The Bertz CT molecular complexity index is 410. The molecular weight excluding hydrogens is 254 g/mol. The van der Waals surface area contributed by atoms with Crippen LogP contribution in [0.4, 0.5) is 0 Å². The Labute approximate surface area is 120 Å². The molecule has 0 spiro atoms. The van der Waals surface area contributed by atoms with Crippen LogP contribution in [0, 0.1) is 11.3 Å². The predicted molar refractivity (Wildman–Crippen MR) is 81.6 cm³/mol. The van der Waals surface area contributed by atoms with Gasteiger partial charge in [0.15, 0.2) is 0 Å². The minimum Gasteiger partial charge on any atom is -0.305 e. The first-order valence-corrected chi connectivity index (χ1v) is 8.08. The largest absolute Gasteiger partial charge is 0.305 e. The van der Waals surface area contributed by atoms with E-state index in [9.17, 15) is 4.79 Å². The van der Waals surface area contributed by atoms with E-state index in [0.717, 1.165) is 38.8 Å². The number of hydrogen-bond acceptors (Lipinski definition) is 3. The minimum atomic E-state index is 0.247. The predicted octanol–water partition coefficient (Wildman–Crippen LogP) is 3.62. The number of likely N-dealkylation sites (N-methyl/N-ethyl adjacent to an activating group) is 1. The maximum Gasteiger partial charge on any atom is 0.137 e. The summed E-state index contributed by atoms with van der Waals surface area (Å²) in [6, 6.07) is 4.29. The van der Waals surface area contributed by atoms with Crippen molar-refractivity contribution in [1.82, 2.24) is 4.90 Å². The van der Waals surface area contributed by atoms with E-state index >= 15 is 0 Å². The van der Waals surface area contributed by atoms with Crippen molar-refractivity contribution in [1.29, 1.82) is 0 Å². The fraction of sp³-hybridized carbons (Fsp3) is 0.688. The highest BCUT2D eigenvalue weighted by atomic mass is 32.1. The molecule has 1 aromatic heterocycles. The van der Waals surface area contributed by atoms with Crippen LogP contribution in [-0.2, 0) is 11.2 Å². The number of rotatable bonds is 5. The van der Waals surface area contributed by atoms with Crippen molar-refractivity contribution >= 4 is 17.1 Å². The van der Waals surface area contributed by atoms with Gasteiger partial charge in [-0.25, -0.2) is 0 Å². The Kier molecular flexibility index (Phi) is 4.80. The summed E-state index contributed by atoms with van der Waals surface area (Å²) in [5.41, 5.74) is 0.340. The quantitative estimate of drug-likeness (QED) is 0.820. The maximum absolute atomic E-state index is 12.0. The molecule has 1 saturated carbocycles. The summed E-state index contributed by atoms with van der Waals surface area (Å²) >= 11 is 1.82. The fourth-order valence-electron chi connectivity index (χ4n) is 2.94. The molecule has 1 unspecified atom stereocenters. The lowest BCUT2D eigenvalue weighted by Gasteiger charge is -2.35. The first-order valence-electron chi connectivity index (χ1n) is 7.20. The summed E-state index contributed by atoms with van der Waals surface area (Å²) in [6.45, 7) is 6.55. The normalized spacial score (nSPS) is 22.9. The van der Waals surface area contributed by atoms with Crippen molar-refractivity contribution in [3.63, 3.8) is 0 Å². The second-order valence-electron chi connectivity index (χ2n) is 6.62. The van der Waals surface area contributed by atoms with Gasteiger partial charge in [-0.1, -0.05) is 19.9 Å². The smallest absolute Gasteiger partial charge is 0.137 e. The average Bonchev–Trinajstić information content (AvgIpc) is 2.84. The molecule has 1 aliphatic carbocycles. The summed E-state index contributed by atoms with van der Waals surface area (Å²) < 4.78 is 0. The number of thiophene rings is 1. The molecule has 0 aliphatic heterocycles. The Balaban J connectivity index is 1.80. The van der Waals surface area contributed by atoms with Crippen molar-refractivity contribution in [2.45, 2.75) is 39.5 Å². The molecule has 2 rings (SSSR count). The Morgan fingerprint density at radius 2 is 2.26 bits per heavy atom. The summed E-state index contributed by atoms with van der Waals surface area (Å²) in [7, 11) is 2.14. The summed E-state index contributed by atoms with van der Waals surface area (Å²) in [4.78, 5) is 15.8. The zero-order valence-electron chi connectivity index (χ0n) is 12.3. The van der Waals surface area contributed by atoms with E-state index < -0.39 is 0 Å². The molecule has 0 N–H and O–H groups in total. The molecular formula is C16H25NOS. The summed E-state index contributed by atoms with van der Waals surface area (Å²) in [5, 5.41) is 2.13. The van der Waals surface area contributed by atoms with E-state index in [4.69, 9.17) is 0 Å². The second kappa shape index (κ2) is 6.19. The molecule has 1 aromatic rings. The molecule has 1 aliphatic rings. The lowest BCUT2D eigenvalue weighted by Crippen LogP contribution is -2.38. The molecule has 0 aromatic carbocycles. The molecule has 3 heteroatoms. The van der Waals surface area contributed by atoms with Crippen molar-refractivity contribution in [3.05, 3.63) is 22.4 Å². The van der Waals surface area contributed by atoms with Crippen LogP contribution in [0.1, 0.15) is 38.0 Å². The number of ketones is 1. The molecule has 0 amide bonds. The van der Waals surface area contributed by atoms with Crippen LogP contribution >= 0.6 is 11.3 Å². The molecule has 1 atom stereocenters. The molecule has 1 heterocycles. The van der Waals surface area contributed by atoms with Gasteiger partial charge in [0.05, 0.1) is 0 Å². The van der Waals surface area contributed by atoms with Crippen molar-refractivity contribution in [3.8, 4) is 0 Å². The van der Waals surface area contributed by atoms with Gasteiger partial charge in [0.1, 0.15) is 5.78 Å². The first kappa shape index (κ1) is 14.7. The van der Waals surface area contributed by atoms with Gasteiger partial charge < -0.3 is 4.90 Å². The van der Waals surface area contributed by atoms with Crippen LogP contribution in [-0.4, -0.2) is 30.8 Å². The van der Waals surface area contributed by atoms with Crippen molar-refractivity contribution in [2.75, 3.05) is 20.1 Å². The van der Waals surface area contributed by atoms with Crippen LogP contribution in [0.2, 0.25) is 0 Å². The zero-order chi connectivity index (χ0) is 13.9. The molecule has 2 nitrogen and oxygen atoms in total. The van der Waals surface area contributed by atoms with Gasteiger partial charge in [0.2, 0.25) is 0 Å². The van der Waals surface area contributed by atoms with Crippen molar-refractivity contribution < 1.29 is 4.79 Å². The molecule has 0 saturated heterocycles. The Morgan fingerprint density at radius 1 is 1.47 bits per heavy atom. The van der Waals surface area contributed by atoms with Crippen LogP contribution in [0.5, 0.6) is 0 Å². The Hall–Kier alpha value is -0.670. The SMILES string of the molecule is CN(CCc1cccs1)CC1CC(C)(C)CCC1=O. The van der Waals surface area contributed by atoms with E-state index in [0.29, 0.717) is 11.2 Å². The van der Waals surface area contributed by atoms with Gasteiger partial charge in [-0.2, -0.15) is 0 Å².